The Balaban J connectivity index is 0.00000196. The van der Waals surface area contributed by atoms with Crippen LogP contribution in [-0.4, -0.2) is 47.1 Å². The van der Waals surface area contributed by atoms with Gasteiger partial charge in [0.2, 0.25) is 0 Å². The zero-order chi connectivity index (χ0) is 17.4. The number of hydrogen-bond acceptors (Lipinski definition) is 5. The summed E-state index contributed by atoms with van der Waals surface area (Å²) in [5, 5.41) is 8.25. The molecule has 1 aliphatic carbocycles. The van der Waals surface area contributed by atoms with E-state index in [1.165, 1.54) is 0 Å². The van der Waals surface area contributed by atoms with Gasteiger partial charge < -0.3 is 14.7 Å². The molecule has 3 heterocycles. The Morgan fingerprint density at radius 2 is 2.19 bits per heavy atom. The first-order valence-corrected chi connectivity index (χ1v) is 9.47. The molecule has 1 amide bonds. The van der Waals surface area contributed by atoms with Gasteiger partial charge in [-0.2, -0.15) is 0 Å². The summed E-state index contributed by atoms with van der Waals surface area (Å²) in [5.41, 5.74) is 3.11. The van der Waals surface area contributed by atoms with Crippen LogP contribution in [0.15, 0.2) is 10.6 Å². The SMILES string of the molecule is CCCc1noc2nc(C3CC3)cc(C(=O)N3CCCC3CNC)c12.Cl. The Morgan fingerprint density at radius 3 is 2.88 bits per heavy atom. The number of halogens is 1. The average Bonchev–Trinajstić information content (AvgIpc) is 3.24. The first kappa shape index (κ1) is 19.1. The van der Waals surface area contributed by atoms with Crippen molar-refractivity contribution in [3.63, 3.8) is 0 Å². The van der Waals surface area contributed by atoms with Gasteiger partial charge in [0.15, 0.2) is 0 Å². The van der Waals surface area contributed by atoms with Gasteiger partial charge >= 0.3 is 0 Å². The molecule has 1 atom stereocenters. The van der Waals surface area contributed by atoms with E-state index in [9.17, 15) is 4.79 Å². The highest BCUT2D eigenvalue weighted by atomic mass is 35.5. The highest BCUT2D eigenvalue weighted by molar-refractivity contribution is 6.06. The van der Waals surface area contributed by atoms with E-state index in [0.717, 1.165) is 74.0 Å². The van der Waals surface area contributed by atoms with Crippen molar-refractivity contribution < 1.29 is 9.32 Å². The third kappa shape index (κ3) is 3.45. The lowest BCUT2D eigenvalue weighted by molar-refractivity contribution is 0.0738. The molecule has 1 N–H and O–H groups in total. The molecule has 7 heteroatoms. The number of rotatable bonds is 6. The molecule has 142 valence electrons. The molecule has 2 fully saturated rings. The lowest BCUT2D eigenvalue weighted by atomic mass is 10.0. The van der Waals surface area contributed by atoms with E-state index in [2.05, 4.69) is 22.4 Å². The molecule has 1 unspecified atom stereocenters. The van der Waals surface area contributed by atoms with Crippen molar-refractivity contribution in [2.24, 2.45) is 0 Å². The van der Waals surface area contributed by atoms with Gasteiger partial charge in [0.25, 0.3) is 11.6 Å². The van der Waals surface area contributed by atoms with Crippen molar-refractivity contribution in [3.05, 3.63) is 23.0 Å². The van der Waals surface area contributed by atoms with Crippen LogP contribution >= 0.6 is 12.4 Å². The molecular formula is C19H27ClN4O2. The lowest BCUT2D eigenvalue weighted by Crippen LogP contribution is -2.41. The number of aryl methyl sites for hydroxylation is 1. The van der Waals surface area contributed by atoms with Crippen LogP contribution in [0.2, 0.25) is 0 Å². The van der Waals surface area contributed by atoms with Crippen molar-refractivity contribution in [2.75, 3.05) is 20.1 Å². The van der Waals surface area contributed by atoms with Gasteiger partial charge in [-0.3, -0.25) is 4.79 Å². The maximum Gasteiger partial charge on any atom is 0.259 e. The number of likely N-dealkylation sites (tertiary alicyclic amines) is 1. The van der Waals surface area contributed by atoms with Gasteiger partial charge in [-0.1, -0.05) is 18.5 Å². The summed E-state index contributed by atoms with van der Waals surface area (Å²) in [6.07, 6.45) is 6.18. The molecule has 0 aromatic carbocycles. The number of carbonyl (C=O) groups is 1. The number of carbonyl (C=O) groups excluding carboxylic acids is 1. The third-order valence-electron chi connectivity index (χ3n) is 5.33. The number of nitrogens with zero attached hydrogens (tertiary/aromatic N) is 3. The lowest BCUT2D eigenvalue weighted by Gasteiger charge is -2.25. The van der Waals surface area contributed by atoms with Crippen LogP contribution in [0.1, 0.15) is 66.7 Å². The summed E-state index contributed by atoms with van der Waals surface area (Å²) in [6.45, 7) is 3.76. The number of fused-ring (bicyclic) bond motifs is 1. The Morgan fingerprint density at radius 1 is 1.38 bits per heavy atom. The molecule has 4 rings (SSSR count). The summed E-state index contributed by atoms with van der Waals surface area (Å²) < 4.78 is 5.50. The fraction of sp³-hybridized carbons (Fsp3) is 0.632. The van der Waals surface area contributed by atoms with Gasteiger partial charge in [0.1, 0.15) is 0 Å². The highest BCUT2D eigenvalue weighted by Crippen LogP contribution is 2.41. The maximum atomic E-state index is 13.4. The normalized spacial score (nSPS) is 19.8. The van der Waals surface area contributed by atoms with Crippen LogP contribution in [-0.2, 0) is 6.42 Å². The quantitative estimate of drug-likeness (QED) is 0.835. The Labute approximate surface area is 160 Å². The minimum absolute atomic E-state index is 0. The molecule has 0 bridgehead atoms. The second-order valence-electron chi connectivity index (χ2n) is 7.28. The highest BCUT2D eigenvalue weighted by Gasteiger charge is 2.33. The number of nitrogens with one attached hydrogen (secondary N) is 1. The smallest absolute Gasteiger partial charge is 0.259 e. The molecular weight excluding hydrogens is 352 g/mol. The van der Waals surface area contributed by atoms with Gasteiger partial charge in [-0.15, -0.1) is 12.4 Å². The van der Waals surface area contributed by atoms with Gasteiger partial charge in [-0.25, -0.2) is 4.98 Å². The molecule has 1 saturated carbocycles. The number of pyridine rings is 1. The van der Waals surface area contributed by atoms with E-state index < -0.39 is 0 Å². The second kappa shape index (κ2) is 7.92. The van der Waals surface area contributed by atoms with Gasteiger partial charge in [0, 0.05) is 30.7 Å². The molecule has 26 heavy (non-hydrogen) atoms. The Bertz CT molecular complexity index is 787. The van der Waals surface area contributed by atoms with Crippen LogP contribution in [0.25, 0.3) is 11.1 Å². The predicted octanol–water partition coefficient (Wildman–Crippen LogP) is 3.30. The first-order chi connectivity index (χ1) is 12.2. The molecule has 1 saturated heterocycles. The number of amides is 1. The van der Waals surface area contributed by atoms with Crippen LogP contribution in [0.5, 0.6) is 0 Å². The van der Waals surface area contributed by atoms with Crippen molar-refractivity contribution in [1.82, 2.24) is 20.4 Å². The standard InChI is InChI=1S/C19H26N4O2.ClH/c1-3-5-15-17-14(19(24)23-9-4-6-13(23)11-20-2)10-16(12-7-8-12)21-18(17)25-22-15;/h10,12-13,20H,3-9,11H2,1-2H3;1H. The van der Waals surface area contributed by atoms with E-state index in [1.807, 2.05) is 18.0 Å². The van der Waals surface area contributed by atoms with Crippen LogP contribution in [0.4, 0.5) is 0 Å². The maximum absolute atomic E-state index is 13.4. The van der Waals surface area contributed by atoms with Gasteiger partial charge in [-0.05, 0) is 45.2 Å². The molecule has 2 aromatic heterocycles. The Kier molecular flexibility index (Phi) is 5.82. The van der Waals surface area contributed by atoms with Gasteiger partial charge in [0.05, 0.1) is 16.6 Å². The number of aromatic nitrogens is 2. The second-order valence-corrected chi connectivity index (χ2v) is 7.28. The van der Waals surface area contributed by atoms with E-state index in [4.69, 9.17) is 4.52 Å². The van der Waals surface area contributed by atoms with E-state index in [-0.39, 0.29) is 24.4 Å². The minimum atomic E-state index is 0. The average molecular weight is 379 g/mol. The van der Waals surface area contributed by atoms with E-state index >= 15 is 0 Å². The number of hydrogen-bond donors (Lipinski definition) is 1. The minimum Gasteiger partial charge on any atom is -0.336 e. The predicted molar refractivity (Wildman–Crippen MR) is 103 cm³/mol. The van der Waals surface area contributed by atoms with Crippen LogP contribution < -0.4 is 5.32 Å². The third-order valence-corrected chi connectivity index (χ3v) is 5.33. The van der Waals surface area contributed by atoms with Crippen molar-refractivity contribution in [1.29, 1.82) is 0 Å². The topological polar surface area (TPSA) is 71.3 Å². The van der Waals surface area contributed by atoms with Crippen LogP contribution in [0, 0.1) is 0 Å². The summed E-state index contributed by atoms with van der Waals surface area (Å²) in [6, 6.07) is 2.27. The molecule has 0 spiro atoms. The monoisotopic (exact) mass is 378 g/mol. The largest absolute Gasteiger partial charge is 0.336 e. The molecule has 6 nitrogen and oxygen atoms in total. The summed E-state index contributed by atoms with van der Waals surface area (Å²) in [4.78, 5) is 20.1. The van der Waals surface area contributed by atoms with E-state index in [1.54, 1.807) is 0 Å². The summed E-state index contributed by atoms with van der Waals surface area (Å²) >= 11 is 0. The Hall–Kier alpha value is -1.66. The zero-order valence-corrected chi connectivity index (χ0v) is 16.3. The zero-order valence-electron chi connectivity index (χ0n) is 15.5. The molecule has 0 radical (unpaired) electrons. The molecule has 2 aromatic rings. The fourth-order valence-electron chi connectivity index (χ4n) is 3.90. The van der Waals surface area contributed by atoms with Crippen molar-refractivity contribution in [3.8, 4) is 0 Å². The fourth-order valence-corrected chi connectivity index (χ4v) is 3.90. The van der Waals surface area contributed by atoms with Crippen LogP contribution in [0.3, 0.4) is 0 Å². The summed E-state index contributed by atoms with van der Waals surface area (Å²) in [7, 11) is 1.94. The molecule has 2 aliphatic rings. The van der Waals surface area contributed by atoms with Crippen molar-refractivity contribution in [2.45, 2.75) is 57.4 Å². The first-order valence-electron chi connectivity index (χ1n) is 9.47. The van der Waals surface area contributed by atoms with Crippen molar-refractivity contribution >= 4 is 29.4 Å². The molecule has 1 aliphatic heterocycles. The number of likely N-dealkylation sites (N-methyl/N-ethyl adjacent to an activating group) is 1. The summed E-state index contributed by atoms with van der Waals surface area (Å²) in [5.74, 6) is 0.579. The van der Waals surface area contributed by atoms with E-state index in [0.29, 0.717) is 11.6 Å².